The van der Waals surface area contributed by atoms with Gasteiger partial charge >= 0.3 is 0 Å². The van der Waals surface area contributed by atoms with Crippen molar-refractivity contribution in [3.8, 4) is 0 Å². The third-order valence-electron chi connectivity index (χ3n) is 5.53. The highest BCUT2D eigenvalue weighted by Crippen LogP contribution is 2.48. The average Bonchev–Trinajstić information content (AvgIpc) is 2.71. The third-order valence-corrected chi connectivity index (χ3v) is 5.53. The molecule has 0 amide bonds. The van der Waals surface area contributed by atoms with Gasteiger partial charge in [-0.3, -0.25) is 14.4 Å². The van der Waals surface area contributed by atoms with Crippen molar-refractivity contribution in [2.75, 3.05) is 0 Å². The molecule has 28 heavy (non-hydrogen) atoms. The molecule has 2 aromatic carbocycles. The molecule has 5 heteroatoms. The molecule has 0 bridgehead atoms. The quantitative estimate of drug-likeness (QED) is 0.748. The summed E-state index contributed by atoms with van der Waals surface area (Å²) in [5, 5.41) is 0. The molecule has 0 saturated carbocycles. The van der Waals surface area contributed by atoms with Crippen LogP contribution >= 0.6 is 0 Å². The Morgan fingerprint density at radius 1 is 0.821 bits per heavy atom. The van der Waals surface area contributed by atoms with Gasteiger partial charge in [0.05, 0.1) is 5.57 Å². The highest BCUT2D eigenvalue weighted by atomic mass is 19.1. The van der Waals surface area contributed by atoms with Crippen molar-refractivity contribution in [1.29, 1.82) is 0 Å². The highest BCUT2D eigenvalue weighted by molar-refractivity contribution is 6.27. The van der Waals surface area contributed by atoms with Crippen LogP contribution in [0, 0.1) is 5.82 Å². The van der Waals surface area contributed by atoms with Gasteiger partial charge in [0.15, 0.2) is 17.3 Å². The van der Waals surface area contributed by atoms with E-state index in [9.17, 15) is 18.8 Å². The molecule has 1 atom stereocenters. The Morgan fingerprint density at radius 3 is 2.21 bits per heavy atom. The monoisotopic (exact) mass is 374 g/mol. The van der Waals surface area contributed by atoms with Gasteiger partial charge in [-0.05, 0) is 24.1 Å². The van der Waals surface area contributed by atoms with E-state index in [1.54, 1.807) is 36.4 Å². The van der Waals surface area contributed by atoms with E-state index >= 15 is 0 Å². The Bertz CT molecular complexity index is 1120. The van der Waals surface area contributed by atoms with E-state index < -0.39 is 11.7 Å². The molecule has 0 saturated heterocycles. The van der Waals surface area contributed by atoms with E-state index in [2.05, 4.69) is 0 Å². The average molecular weight is 374 g/mol. The van der Waals surface area contributed by atoms with Crippen molar-refractivity contribution >= 4 is 17.3 Å². The molecule has 2 aliphatic carbocycles. The van der Waals surface area contributed by atoms with Gasteiger partial charge in [0.25, 0.3) is 0 Å². The number of benzene rings is 2. The van der Waals surface area contributed by atoms with E-state index in [1.807, 2.05) is 0 Å². The van der Waals surface area contributed by atoms with Gasteiger partial charge in [0.2, 0.25) is 5.78 Å². The zero-order valence-corrected chi connectivity index (χ0v) is 14.8. The van der Waals surface area contributed by atoms with Crippen LogP contribution in [0.1, 0.15) is 51.5 Å². The second kappa shape index (κ2) is 6.09. The summed E-state index contributed by atoms with van der Waals surface area (Å²) in [6, 6.07) is 12.3. The number of Topliss-reactive ketones (excluding diaryl/α,β-unsaturated/α-hetero) is 3. The topological polar surface area (TPSA) is 60.4 Å². The molecule has 4 nitrogen and oxygen atoms in total. The number of hydrogen-bond donors (Lipinski definition) is 0. The van der Waals surface area contributed by atoms with Crippen LogP contribution in [0.4, 0.5) is 4.39 Å². The fourth-order valence-corrected chi connectivity index (χ4v) is 4.25. The summed E-state index contributed by atoms with van der Waals surface area (Å²) >= 11 is 0. The number of ketones is 3. The molecule has 138 valence electrons. The SMILES string of the molecule is O=C1CCCC2=C1C(c1ccc(F)cc1)C1=C(O2)C(=O)c2ccccc2C1=O. The molecule has 1 heterocycles. The maximum atomic E-state index is 13.5. The Hall–Kier alpha value is -3.34. The van der Waals surface area contributed by atoms with Crippen LogP contribution in [0.3, 0.4) is 0 Å². The molecule has 3 aliphatic rings. The first-order valence-electron chi connectivity index (χ1n) is 9.18. The molecule has 0 aromatic heterocycles. The van der Waals surface area contributed by atoms with E-state index in [0.29, 0.717) is 47.3 Å². The van der Waals surface area contributed by atoms with Crippen molar-refractivity contribution in [3.05, 3.63) is 93.7 Å². The van der Waals surface area contributed by atoms with Crippen LogP contribution in [-0.4, -0.2) is 17.3 Å². The number of halogens is 1. The first-order chi connectivity index (χ1) is 13.6. The van der Waals surface area contributed by atoms with Crippen LogP contribution in [0.5, 0.6) is 0 Å². The van der Waals surface area contributed by atoms with Crippen LogP contribution in [0.15, 0.2) is 71.2 Å². The van der Waals surface area contributed by atoms with Gasteiger partial charge in [-0.1, -0.05) is 36.4 Å². The number of hydrogen-bond acceptors (Lipinski definition) is 4. The molecule has 5 rings (SSSR count). The summed E-state index contributed by atoms with van der Waals surface area (Å²) in [6.07, 6.45) is 1.52. The molecule has 0 N–H and O–H groups in total. The van der Waals surface area contributed by atoms with E-state index in [-0.39, 0.29) is 28.7 Å². The number of fused-ring (bicyclic) bond motifs is 1. The summed E-state index contributed by atoms with van der Waals surface area (Å²) < 4.78 is 19.4. The van der Waals surface area contributed by atoms with Gasteiger partial charge in [-0.15, -0.1) is 0 Å². The predicted octanol–water partition coefficient (Wildman–Crippen LogP) is 4.28. The van der Waals surface area contributed by atoms with E-state index in [4.69, 9.17) is 4.74 Å². The van der Waals surface area contributed by atoms with Gasteiger partial charge in [-0.25, -0.2) is 4.39 Å². The van der Waals surface area contributed by atoms with Crippen molar-refractivity contribution in [2.45, 2.75) is 25.2 Å². The Balaban J connectivity index is 1.76. The first kappa shape index (κ1) is 16.8. The lowest BCUT2D eigenvalue weighted by Crippen LogP contribution is -2.34. The second-order valence-corrected chi connectivity index (χ2v) is 7.15. The number of rotatable bonds is 1. The molecule has 0 fully saturated rings. The zero-order valence-electron chi connectivity index (χ0n) is 14.8. The van der Waals surface area contributed by atoms with Crippen molar-refractivity contribution in [2.24, 2.45) is 0 Å². The molecule has 2 aromatic rings. The minimum atomic E-state index is -0.725. The summed E-state index contributed by atoms with van der Waals surface area (Å²) in [4.78, 5) is 39.2. The minimum Gasteiger partial charge on any atom is -0.457 e. The largest absolute Gasteiger partial charge is 0.457 e. The highest BCUT2D eigenvalue weighted by Gasteiger charge is 2.45. The Labute approximate surface area is 160 Å². The van der Waals surface area contributed by atoms with Crippen molar-refractivity contribution < 1.29 is 23.5 Å². The third kappa shape index (κ3) is 2.32. The standard InChI is InChI=1S/C23H15FO4/c24-13-10-8-12(9-11-13)18-19-16(25)6-3-7-17(19)28-23-20(18)21(26)14-4-1-2-5-15(14)22(23)27/h1-2,4-5,8-11,18H,3,6-7H2. The molecule has 0 spiro atoms. The van der Waals surface area contributed by atoms with Crippen LogP contribution < -0.4 is 0 Å². The lowest BCUT2D eigenvalue weighted by molar-refractivity contribution is -0.116. The van der Waals surface area contributed by atoms with Gasteiger partial charge < -0.3 is 4.74 Å². The Morgan fingerprint density at radius 2 is 1.50 bits per heavy atom. The molecular formula is C23H15FO4. The molecular weight excluding hydrogens is 359 g/mol. The van der Waals surface area contributed by atoms with E-state index in [0.717, 1.165) is 0 Å². The summed E-state index contributed by atoms with van der Waals surface area (Å²) in [5.41, 5.74) is 1.78. The normalized spacial score (nSPS) is 21.2. The molecule has 1 unspecified atom stereocenters. The number of ether oxygens (including phenoxy) is 1. The van der Waals surface area contributed by atoms with Crippen LogP contribution in [-0.2, 0) is 9.53 Å². The summed E-state index contributed by atoms with van der Waals surface area (Å²) in [6.45, 7) is 0. The van der Waals surface area contributed by atoms with Gasteiger partial charge in [-0.2, -0.15) is 0 Å². The zero-order chi connectivity index (χ0) is 19.4. The van der Waals surface area contributed by atoms with Crippen LogP contribution in [0.2, 0.25) is 0 Å². The minimum absolute atomic E-state index is 0.00789. The van der Waals surface area contributed by atoms with E-state index in [1.165, 1.54) is 12.1 Å². The number of carbonyl (C=O) groups is 3. The predicted molar refractivity (Wildman–Crippen MR) is 98.2 cm³/mol. The Kier molecular flexibility index (Phi) is 3.66. The summed E-state index contributed by atoms with van der Waals surface area (Å²) in [7, 11) is 0. The first-order valence-corrected chi connectivity index (χ1v) is 9.18. The molecule has 1 aliphatic heterocycles. The fourth-order valence-electron chi connectivity index (χ4n) is 4.25. The van der Waals surface area contributed by atoms with Gasteiger partial charge in [0, 0.05) is 35.5 Å². The van der Waals surface area contributed by atoms with Gasteiger partial charge in [0.1, 0.15) is 11.6 Å². The van der Waals surface area contributed by atoms with Crippen molar-refractivity contribution in [1.82, 2.24) is 0 Å². The second-order valence-electron chi connectivity index (χ2n) is 7.15. The van der Waals surface area contributed by atoms with Crippen LogP contribution in [0.25, 0.3) is 0 Å². The number of carbonyl (C=O) groups excluding carboxylic acids is 3. The molecule has 0 radical (unpaired) electrons. The lowest BCUT2D eigenvalue weighted by Gasteiger charge is -2.35. The maximum Gasteiger partial charge on any atom is 0.229 e. The smallest absolute Gasteiger partial charge is 0.229 e. The fraction of sp³-hybridized carbons (Fsp3) is 0.174. The maximum absolute atomic E-state index is 13.5. The lowest BCUT2D eigenvalue weighted by atomic mass is 9.72. The van der Waals surface area contributed by atoms with Crippen molar-refractivity contribution in [3.63, 3.8) is 0 Å². The summed E-state index contributed by atoms with van der Waals surface area (Å²) in [5.74, 6) is -1.48. The number of allylic oxidation sites excluding steroid dienone is 4.